The first-order valence-electron chi connectivity index (χ1n) is 13.7. The van der Waals surface area contributed by atoms with Crippen molar-refractivity contribution in [3.05, 3.63) is 78.9 Å². The molecule has 0 heterocycles. The molecule has 2 rings (SSSR count). The summed E-state index contributed by atoms with van der Waals surface area (Å²) >= 11 is 0. The molecule has 16 nitrogen and oxygen atoms in total. The largest absolute Gasteiger partial charge is 0.429 e. The zero-order valence-electron chi connectivity index (χ0n) is 24.0. The number of ketones is 1. The highest BCUT2D eigenvalue weighted by Crippen LogP contribution is 2.28. The normalized spacial score (nSPS) is 13.7. The van der Waals surface area contributed by atoms with E-state index in [9.17, 15) is 49.6 Å². The van der Waals surface area contributed by atoms with Crippen molar-refractivity contribution in [1.82, 2.24) is 0 Å². The van der Waals surface area contributed by atoms with Gasteiger partial charge >= 0.3 is 17.9 Å². The molecule has 0 spiro atoms. The molecule has 0 radical (unpaired) electrons. The van der Waals surface area contributed by atoms with E-state index < -0.39 is 80.5 Å². The van der Waals surface area contributed by atoms with Crippen LogP contribution < -0.4 is 11.5 Å². The molecule has 0 aromatic heterocycles. The van der Waals surface area contributed by atoms with Gasteiger partial charge in [-0.1, -0.05) is 51.7 Å². The molecule has 238 valence electrons. The second-order valence-electron chi connectivity index (χ2n) is 9.85. The summed E-state index contributed by atoms with van der Waals surface area (Å²) < 4.78 is 8.90. The Morgan fingerprint density at radius 3 is 1.64 bits per heavy atom. The average Bonchev–Trinajstić information content (AvgIpc) is 3.00. The van der Waals surface area contributed by atoms with Gasteiger partial charge in [-0.05, 0) is 36.1 Å². The van der Waals surface area contributed by atoms with Gasteiger partial charge in [0.05, 0.1) is 9.85 Å². The summed E-state index contributed by atoms with van der Waals surface area (Å²) in [5, 5.41) is 43.2. The van der Waals surface area contributed by atoms with Crippen LogP contribution in [0.2, 0.25) is 0 Å². The third-order valence-electron chi connectivity index (χ3n) is 6.62. The van der Waals surface area contributed by atoms with E-state index >= 15 is 0 Å². The minimum absolute atomic E-state index is 0.346. The van der Waals surface area contributed by atoms with Crippen LogP contribution in [0, 0.1) is 20.2 Å². The molecular weight excluding hydrogens is 584 g/mol. The highest BCUT2D eigenvalue weighted by atomic mass is 16.7. The number of unbranched alkanes of at least 4 members (excludes halogenated alkanes) is 2. The summed E-state index contributed by atoms with van der Waals surface area (Å²) in [6.07, 6.45) is -1.30. The van der Waals surface area contributed by atoms with Crippen molar-refractivity contribution < 1.29 is 48.7 Å². The zero-order valence-corrected chi connectivity index (χ0v) is 24.0. The highest BCUT2D eigenvalue weighted by Gasteiger charge is 2.37. The summed E-state index contributed by atoms with van der Waals surface area (Å²) in [6.45, 7) is 3.87. The minimum Gasteiger partial charge on any atom is -0.429 e. The molecule has 0 aliphatic rings. The van der Waals surface area contributed by atoms with E-state index in [1.165, 1.54) is 12.1 Å². The van der Waals surface area contributed by atoms with E-state index in [4.69, 9.17) is 11.5 Å². The molecule has 16 heteroatoms. The number of aliphatic hydroxyl groups is 2. The van der Waals surface area contributed by atoms with Crippen LogP contribution in [0.4, 0.5) is 11.4 Å². The summed E-state index contributed by atoms with van der Waals surface area (Å²) in [6, 6.07) is 5.63. The van der Waals surface area contributed by atoms with E-state index in [2.05, 4.69) is 9.47 Å². The average molecular weight is 619 g/mol. The van der Waals surface area contributed by atoms with E-state index in [0.29, 0.717) is 24.0 Å². The number of esters is 3. The lowest BCUT2D eigenvalue weighted by Crippen LogP contribution is -2.42. The maximum Gasteiger partial charge on any atom is 0.385 e. The SMILES string of the molecule is CCCCC(N)c1ccc(C(=O)OC(=O)C(=O)C(O)C(O)OC(=O)c2ccc(C(N)CCCC)cc2[N+](=O)[O-])c([N+](=O)[O-])c1. The lowest BCUT2D eigenvalue weighted by molar-refractivity contribution is -0.385. The van der Waals surface area contributed by atoms with Crippen molar-refractivity contribution >= 4 is 35.1 Å². The molecule has 0 saturated carbocycles. The Labute approximate surface area is 251 Å². The Kier molecular flexibility index (Phi) is 13.2. The van der Waals surface area contributed by atoms with E-state index in [-0.39, 0.29) is 0 Å². The van der Waals surface area contributed by atoms with Crippen molar-refractivity contribution in [2.45, 2.75) is 76.9 Å². The van der Waals surface area contributed by atoms with Crippen LogP contribution in [-0.4, -0.2) is 56.1 Å². The molecule has 6 N–H and O–H groups in total. The molecule has 4 atom stereocenters. The number of ether oxygens (including phenoxy) is 2. The molecule has 0 amide bonds. The number of Topliss-reactive ketones (excluding diaryl/α,β-unsaturated/α-hetero) is 1. The lowest BCUT2D eigenvalue weighted by Gasteiger charge is -2.17. The molecule has 0 aliphatic heterocycles. The monoisotopic (exact) mass is 618 g/mol. The molecule has 0 saturated heterocycles. The molecule has 2 aromatic rings. The number of aliphatic hydroxyl groups excluding tert-OH is 2. The molecule has 2 aromatic carbocycles. The summed E-state index contributed by atoms with van der Waals surface area (Å²) in [5.41, 5.74) is 9.93. The Bertz CT molecular complexity index is 1410. The van der Waals surface area contributed by atoms with E-state index in [1.807, 2.05) is 13.8 Å². The van der Waals surface area contributed by atoms with Crippen LogP contribution in [0.5, 0.6) is 0 Å². The predicted molar refractivity (Wildman–Crippen MR) is 152 cm³/mol. The highest BCUT2D eigenvalue weighted by molar-refractivity contribution is 6.37. The first kappa shape index (κ1) is 35.6. The van der Waals surface area contributed by atoms with Crippen LogP contribution in [-0.2, 0) is 19.1 Å². The van der Waals surface area contributed by atoms with Crippen LogP contribution >= 0.6 is 0 Å². The van der Waals surface area contributed by atoms with Gasteiger partial charge in [-0.3, -0.25) is 25.0 Å². The van der Waals surface area contributed by atoms with Gasteiger partial charge in [-0.2, -0.15) is 0 Å². The fraction of sp³-hybridized carbons (Fsp3) is 0.429. The number of carbonyl (C=O) groups is 4. The van der Waals surface area contributed by atoms with E-state index in [0.717, 1.165) is 49.9 Å². The van der Waals surface area contributed by atoms with Gasteiger partial charge in [-0.15, -0.1) is 0 Å². The van der Waals surface area contributed by atoms with Crippen LogP contribution in [0.3, 0.4) is 0 Å². The number of hydrogen-bond acceptors (Lipinski definition) is 14. The Balaban J connectivity index is 2.14. The molecule has 0 bridgehead atoms. The topological polar surface area (TPSA) is 266 Å². The third-order valence-corrected chi connectivity index (χ3v) is 6.62. The number of rotatable bonds is 16. The standard InChI is InChI=1S/C28H34N4O12/c1-3-5-7-19(29)15-9-11-17(21(13-15)31(39)40)25(35)43-27(37)23(33)24(34)28(38)44-26(36)18-12-10-16(14-22(18)32(41)42)20(30)8-6-4-2/h9-14,19-20,23,27,33,37H,3-8,29-30H2,1-2H3. The fourth-order valence-electron chi connectivity index (χ4n) is 4.06. The number of nitro benzene ring substituents is 2. The van der Waals surface area contributed by atoms with Crippen molar-refractivity contribution in [3.8, 4) is 0 Å². The Morgan fingerprint density at radius 2 is 1.23 bits per heavy atom. The Hall–Kier alpha value is -4.64. The quantitative estimate of drug-likeness (QED) is 0.0526. The van der Waals surface area contributed by atoms with Crippen molar-refractivity contribution in [3.63, 3.8) is 0 Å². The van der Waals surface area contributed by atoms with Gasteiger partial charge in [0.15, 0.2) is 6.10 Å². The van der Waals surface area contributed by atoms with Gasteiger partial charge in [-0.25, -0.2) is 14.4 Å². The fourth-order valence-corrected chi connectivity index (χ4v) is 4.06. The molecule has 44 heavy (non-hydrogen) atoms. The van der Waals surface area contributed by atoms with Crippen molar-refractivity contribution in [1.29, 1.82) is 0 Å². The summed E-state index contributed by atoms with van der Waals surface area (Å²) in [5.74, 6) is -7.13. The van der Waals surface area contributed by atoms with Crippen LogP contribution in [0.15, 0.2) is 36.4 Å². The smallest absolute Gasteiger partial charge is 0.385 e. The number of benzene rings is 2. The molecule has 0 fully saturated rings. The van der Waals surface area contributed by atoms with Crippen LogP contribution in [0.25, 0.3) is 0 Å². The van der Waals surface area contributed by atoms with Crippen molar-refractivity contribution in [2.75, 3.05) is 0 Å². The number of nitrogens with two attached hydrogens (primary N) is 2. The van der Waals surface area contributed by atoms with Gasteiger partial charge < -0.3 is 31.2 Å². The van der Waals surface area contributed by atoms with Gasteiger partial charge in [0.25, 0.3) is 17.2 Å². The maximum absolute atomic E-state index is 12.5. The summed E-state index contributed by atoms with van der Waals surface area (Å²) in [4.78, 5) is 70.9. The number of nitro groups is 2. The second kappa shape index (κ2) is 16.3. The minimum atomic E-state index is -2.78. The second-order valence-corrected chi connectivity index (χ2v) is 9.85. The summed E-state index contributed by atoms with van der Waals surface area (Å²) in [7, 11) is 0. The van der Waals surface area contributed by atoms with Crippen LogP contribution in [0.1, 0.15) is 96.3 Å². The molecular formula is C28H34N4O12. The zero-order chi connectivity index (χ0) is 33.1. The first-order chi connectivity index (χ1) is 20.7. The number of hydrogen-bond donors (Lipinski definition) is 4. The lowest BCUT2D eigenvalue weighted by atomic mass is 9.99. The van der Waals surface area contributed by atoms with Gasteiger partial charge in [0.2, 0.25) is 6.29 Å². The number of carbonyl (C=O) groups excluding carboxylic acids is 4. The van der Waals surface area contributed by atoms with Crippen molar-refractivity contribution in [2.24, 2.45) is 11.5 Å². The first-order valence-corrected chi connectivity index (χ1v) is 13.7. The van der Waals surface area contributed by atoms with Gasteiger partial charge in [0, 0.05) is 24.2 Å². The predicted octanol–water partition coefficient (Wildman–Crippen LogP) is 2.67. The molecule has 4 unspecified atom stereocenters. The number of nitrogens with zero attached hydrogens (tertiary/aromatic N) is 2. The third kappa shape index (κ3) is 9.18. The van der Waals surface area contributed by atoms with Gasteiger partial charge in [0.1, 0.15) is 11.1 Å². The maximum atomic E-state index is 12.5. The molecule has 0 aliphatic carbocycles. The van der Waals surface area contributed by atoms with E-state index in [1.54, 1.807) is 0 Å². The Morgan fingerprint density at radius 1 is 0.795 bits per heavy atom.